The maximum atomic E-state index is 12.0. The van der Waals surface area contributed by atoms with Gasteiger partial charge in [-0.3, -0.25) is 9.59 Å². The fourth-order valence-electron chi connectivity index (χ4n) is 3.31. The van der Waals surface area contributed by atoms with Crippen molar-refractivity contribution in [1.82, 2.24) is 0 Å². The third-order valence-electron chi connectivity index (χ3n) is 4.68. The molecule has 23 heavy (non-hydrogen) atoms. The number of hydrogen-bond donors (Lipinski definition) is 0. The number of esters is 1. The zero-order valence-electron chi connectivity index (χ0n) is 14.0. The molecular weight excluding hydrogens is 296 g/mol. The normalized spacial score (nSPS) is 28.4. The van der Waals surface area contributed by atoms with Gasteiger partial charge in [0, 0.05) is 25.4 Å². The van der Waals surface area contributed by atoms with Gasteiger partial charge in [0.2, 0.25) is 0 Å². The van der Waals surface area contributed by atoms with Crippen LogP contribution in [0.25, 0.3) is 0 Å². The van der Waals surface area contributed by atoms with Gasteiger partial charge in [-0.05, 0) is 44.4 Å². The number of allylic oxidation sites excluding steroid dienone is 1. The third kappa shape index (κ3) is 6.07. The van der Waals surface area contributed by atoms with Crippen LogP contribution in [0.3, 0.4) is 0 Å². The van der Waals surface area contributed by atoms with Gasteiger partial charge in [-0.1, -0.05) is 12.2 Å². The number of carbonyl (C=O) groups is 2. The average Bonchev–Trinajstić information content (AvgIpc) is 2.91. The van der Waals surface area contributed by atoms with Crippen LogP contribution in [-0.2, 0) is 23.8 Å². The second-order valence-electron chi connectivity index (χ2n) is 6.31. The van der Waals surface area contributed by atoms with Crippen LogP contribution in [0.1, 0.15) is 51.4 Å². The Labute approximate surface area is 138 Å². The lowest BCUT2D eigenvalue weighted by atomic mass is 9.89. The van der Waals surface area contributed by atoms with Gasteiger partial charge in [-0.2, -0.15) is 0 Å². The molecule has 3 atom stereocenters. The molecule has 0 aromatic carbocycles. The molecule has 5 heteroatoms. The van der Waals surface area contributed by atoms with Crippen molar-refractivity contribution in [2.45, 2.75) is 57.7 Å². The lowest BCUT2D eigenvalue weighted by Crippen LogP contribution is -2.22. The Morgan fingerprint density at radius 2 is 2.17 bits per heavy atom. The van der Waals surface area contributed by atoms with E-state index in [9.17, 15) is 9.59 Å². The summed E-state index contributed by atoms with van der Waals surface area (Å²) in [5, 5.41) is 0. The molecule has 130 valence electrons. The monoisotopic (exact) mass is 324 g/mol. The lowest BCUT2D eigenvalue weighted by molar-refractivity contribution is -0.161. The number of hydrogen-bond acceptors (Lipinski definition) is 5. The number of carbonyl (C=O) groups excluding carboxylic acids is 2. The highest BCUT2D eigenvalue weighted by atomic mass is 16.7. The number of ether oxygens (including phenoxy) is 3. The fraction of sp³-hybridized carbons (Fsp3) is 0.778. The smallest absolute Gasteiger partial charge is 0.305 e. The Morgan fingerprint density at radius 1 is 1.30 bits per heavy atom. The van der Waals surface area contributed by atoms with Crippen molar-refractivity contribution in [3.05, 3.63) is 12.2 Å². The van der Waals surface area contributed by atoms with Gasteiger partial charge in [0.25, 0.3) is 0 Å². The summed E-state index contributed by atoms with van der Waals surface area (Å²) in [4.78, 5) is 23.4. The van der Waals surface area contributed by atoms with Crippen molar-refractivity contribution in [3.63, 3.8) is 0 Å². The molecule has 2 rings (SSSR count). The summed E-state index contributed by atoms with van der Waals surface area (Å²) in [6.45, 7) is 1.44. The summed E-state index contributed by atoms with van der Waals surface area (Å²) in [5.74, 6) is 0.148. The number of Topliss-reactive ketones (excluding diaryl/α,β-unsaturated/α-hetero) is 1. The largest absolute Gasteiger partial charge is 0.469 e. The minimum atomic E-state index is -0.223. The molecule has 1 unspecified atom stereocenters. The van der Waals surface area contributed by atoms with Gasteiger partial charge < -0.3 is 14.2 Å². The van der Waals surface area contributed by atoms with E-state index in [0.717, 1.165) is 32.3 Å². The van der Waals surface area contributed by atoms with Gasteiger partial charge in [-0.25, -0.2) is 0 Å². The predicted octanol–water partition coefficient (Wildman–Crippen LogP) is 3.02. The Morgan fingerprint density at radius 3 is 2.91 bits per heavy atom. The van der Waals surface area contributed by atoms with Crippen molar-refractivity contribution in [3.8, 4) is 0 Å². The van der Waals surface area contributed by atoms with Crippen LogP contribution < -0.4 is 0 Å². The first-order valence-corrected chi connectivity index (χ1v) is 8.68. The highest BCUT2D eigenvalue weighted by molar-refractivity contribution is 5.84. The first kappa shape index (κ1) is 18.1. The Bertz CT molecular complexity index is 412. The van der Waals surface area contributed by atoms with Gasteiger partial charge in [0.15, 0.2) is 6.29 Å². The first-order chi connectivity index (χ1) is 11.2. The summed E-state index contributed by atoms with van der Waals surface area (Å²) in [5.41, 5.74) is 0. The molecule has 0 spiro atoms. The maximum absolute atomic E-state index is 12.0. The van der Waals surface area contributed by atoms with Crippen LogP contribution in [0.2, 0.25) is 0 Å². The average molecular weight is 324 g/mol. The van der Waals surface area contributed by atoms with Gasteiger partial charge in [0.05, 0.1) is 13.7 Å². The van der Waals surface area contributed by atoms with E-state index in [0.29, 0.717) is 25.9 Å². The summed E-state index contributed by atoms with van der Waals surface area (Å²) < 4.78 is 15.9. The summed E-state index contributed by atoms with van der Waals surface area (Å²) >= 11 is 0. The van der Waals surface area contributed by atoms with E-state index in [1.807, 2.05) is 6.08 Å². The molecule has 0 N–H and O–H groups in total. The third-order valence-corrected chi connectivity index (χ3v) is 4.68. The fourth-order valence-corrected chi connectivity index (χ4v) is 3.31. The molecule has 0 amide bonds. The van der Waals surface area contributed by atoms with Crippen molar-refractivity contribution >= 4 is 11.8 Å². The Kier molecular flexibility index (Phi) is 7.76. The van der Waals surface area contributed by atoms with E-state index in [-0.39, 0.29) is 29.9 Å². The zero-order valence-corrected chi connectivity index (χ0v) is 14.0. The molecule has 1 aliphatic heterocycles. The minimum absolute atomic E-state index is 0.0343. The molecule has 2 fully saturated rings. The van der Waals surface area contributed by atoms with Gasteiger partial charge in [0.1, 0.15) is 5.78 Å². The molecule has 2 aliphatic rings. The molecule has 0 radical (unpaired) electrons. The van der Waals surface area contributed by atoms with E-state index >= 15 is 0 Å². The van der Waals surface area contributed by atoms with E-state index < -0.39 is 0 Å². The maximum Gasteiger partial charge on any atom is 0.305 e. The standard InChI is InChI=1S/C18H28O5/c1-21-17(20)13-14-9-10-16(19)15(14)7-3-2-5-11-22-18-8-4-6-12-23-18/h2-3,14-15,18H,4-13H2,1H3/b3-2-/t14-,15-,18?/m1/s1. The van der Waals surface area contributed by atoms with Crippen molar-refractivity contribution in [1.29, 1.82) is 0 Å². The summed E-state index contributed by atoms with van der Waals surface area (Å²) in [7, 11) is 1.39. The quantitative estimate of drug-likeness (QED) is 0.390. The predicted molar refractivity (Wildman–Crippen MR) is 85.8 cm³/mol. The van der Waals surface area contributed by atoms with Crippen LogP contribution in [0, 0.1) is 11.8 Å². The molecule has 1 saturated carbocycles. The SMILES string of the molecule is COC(=O)C[C@H]1CCC(=O)[C@@H]1C/C=C\CCOC1CCCCO1. The highest BCUT2D eigenvalue weighted by Gasteiger charge is 2.35. The van der Waals surface area contributed by atoms with E-state index in [4.69, 9.17) is 14.2 Å². The van der Waals surface area contributed by atoms with E-state index in [1.165, 1.54) is 13.5 Å². The number of methoxy groups -OCH3 is 1. The van der Waals surface area contributed by atoms with E-state index in [1.54, 1.807) is 0 Å². The molecule has 0 aromatic heterocycles. The van der Waals surface area contributed by atoms with Crippen molar-refractivity contribution < 1.29 is 23.8 Å². The minimum Gasteiger partial charge on any atom is -0.469 e. The molecule has 1 aliphatic carbocycles. The lowest BCUT2D eigenvalue weighted by Gasteiger charge is -2.22. The molecule has 1 heterocycles. The topological polar surface area (TPSA) is 61.8 Å². The first-order valence-electron chi connectivity index (χ1n) is 8.68. The molecule has 5 nitrogen and oxygen atoms in total. The second kappa shape index (κ2) is 9.83. The van der Waals surface area contributed by atoms with Crippen LogP contribution in [-0.4, -0.2) is 38.4 Å². The molecule has 0 aromatic rings. The highest BCUT2D eigenvalue weighted by Crippen LogP contribution is 2.34. The zero-order chi connectivity index (χ0) is 16.5. The molecular formula is C18H28O5. The summed E-state index contributed by atoms with van der Waals surface area (Å²) in [6, 6.07) is 0. The van der Waals surface area contributed by atoms with Crippen molar-refractivity contribution in [2.24, 2.45) is 11.8 Å². The summed E-state index contributed by atoms with van der Waals surface area (Å²) in [6.07, 6.45) is 10.6. The van der Waals surface area contributed by atoms with Crippen molar-refractivity contribution in [2.75, 3.05) is 20.3 Å². The van der Waals surface area contributed by atoms with Crippen LogP contribution in [0.4, 0.5) is 0 Å². The van der Waals surface area contributed by atoms with Gasteiger partial charge >= 0.3 is 5.97 Å². The van der Waals surface area contributed by atoms with Crippen LogP contribution in [0.15, 0.2) is 12.2 Å². The number of ketones is 1. The number of rotatable bonds is 8. The molecule has 0 bridgehead atoms. The van der Waals surface area contributed by atoms with Crippen LogP contribution in [0.5, 0.6) is 0 Å². The Balaban J connectivity index is 1.64. The Hall–Kier alpha value is -1.20. The van der Waals surface area contributed by atoms with Crippen LogP contribution >= 0.6 is 0 Å². The van der Waals surface area contributed by atoms with E-state index in [2.05, 4.69) is 6.08 Å². The second-order valence-corrected chi connectivity index (χ2v) is 6.31. The van der Waals surface area contributed by atoms with Gasteiger partial charge in [-0.15, -0.1) is 0 Å². The molecule has 1 saturated heterocycles.